The Hall–Kier alpha value is -1.09. The van der Waals surface area contributed by atoms with Gasteiger partial charge in [0.15, 0.2) is 0 Å². The molecule has 3 atom stereocenters. The van der Waals surface area contributed by atoms with Gasteiger partial charge in [-0.1, -0.05) is 18.0 Å². The van der Waals surface area contributed by atoms with Gasteiger partial charge in [-0.25, -0.2) is 4.39 Å². The summed E-state index contributed by atoms with van der Waals surface area (Å²) in [6.07, 6.45) is 5.71. The van der Waals surface area contributed by atoms with Crippen molar-refractivity contribution in [3.63, 3.8) is 0 Å². The summed E-state index contributed by atoms with van der Waals surface area (Å²) in [6, 6.07) is 4.27. The van der Waals surface area contributed by atoms with Crippen LogP contribution in [0.1, 0.15) is 32.1 Å². The van der Waals surface area contributed by atoms with Crippen molar-refractivity contribution in [1.82, 2.24) is 0 Å². The number of fused-ring (bicyclic) bond motifs is 2. The second kappa shape index (κ2) is 5.12. The van der Waals surface area contributed by atoms with Crippen molar-refractivity contribution in [3.8, 4) is 0 Å². The number of nitrogens with one attached hydrogen (secondary N) is 1. The van der Waals surface area contributed by atoms with Crippen molar-refractivity contribution in [1.29, 1.82) is 0 Å². The van der Waals surface area contributed by atoms with Gasteiger partial charge in [0.2, 0.25) is 5.91 Å². The molecule has 2 aliphatic carbocycles. The molecule has 2 aliphatic rings. The maximum atomic E-state index is 13.0. The van der Waals surface area contributed by atoms with E-state index in [1.807, 2.05) is 0 Å². The lowest BCUT2D eigenvalue weighted by atomic mass is 9.86. The molecular formula is C15H17ClFNO. The Morgan fingerprint density at radius 1 is 1.37 bits per heavy atom. The van der Waals surface area contributed by atoms with Gasteiger partial charge in [0.05, 0.1) is 5.02 Å². The second-order valence-corrected chi connectivity index (χ2v) is 6.22. The smallest absolute Gasteiger partial charge is 0.224 e. The van der Waals surface area contributed by atoms with E-state index in [1.165, 1.54) is 37.8 Å². The van der Waals surface area contributed by atoms with E-state index in [9.17, 15) is 9.18 Å². The highest BCUT2D eigenvalue weighted by atomic mass is 35.5. The first kappa shape index (κ1) is 12.9. The van der Waals surface area contributed by atoms with Crippen molar-refractivity contribution in [2.24, 2.45) is 17.8 Å². The maximum absolute atomic E-state index is 13.0. The molecule has 3 unspecified atom stereocenters. The van der Waals surface area contributed by atoms with Gasteiger partial charge < -0.3 is 5.32 Å². The molecule has 3 rings (SSSR count). The normalized spacial score (nSPS) is 28.6. The van der Waals surface area contributed by atoms with Crippen LogP contribution in [-0.2, 0) is 4.79 Å². The Labute approximate surface area is 117 Å². The molecule has 1 aromatic rings. The van der Waals surface area contributed by atoms with Crippen LogP contribution < -0.4 is 5.32 Å². The van der Waals surface area contributed by atoms with Crippen molar-refractivity contribution < 1.29 is 9.18 Å². The van der Waals surface area contributed by atoms with E-state index in [1.54, 1.807) is 6.07 Å². The average Bonchev–Trinajstić information content (AvgIpc) is 2.96. The number of carbonyl (C=O) groups is 1. The molecule has 1 N–H and O–H groups in total. The summed E-state index contributed by atoms with van der Waals surface area (Å²) in [5.74, 6) is 1.68. The number of benzene rings is 1. The summed E-state index contributed by atoms with van der Waals surface area (Å²) in [5, 5.41) is 2.85. The lowest BCUT2D eigenvalue weighted by Gasteiger charge is -2.20. The third kappa shape index (κ3) is 2.76. The quantitative estimate of drug-likeness (QED) is 0.882. The fourth-order valence-electron chi connectivity index (χ4n) is 3.65. The van der Waals surface area contributed by atoms with Crippen LogP contribution in [0.5, 0.6) is 0 Å². The summed E-state index contributed by atoms with van der Waals surface area (Å²) in [4.78, 5) is 12.0. The van der Waals surface area contributed by atoms with Crippen LogP contribution in [-0.4, -0.2) is 5.91 Å². The predicted molar refractivity (Wildman–Crippen MR) is 73.6 cm³/mol. The number of rotatable bonds is 3. The third-order valence-corrected chi connectivity index (χ3v) is 4.83. The van der Waals surface area contributed by atoms with Crippen LogP contribution in [0.3, 0.4) is 0 Å². The summed E-state index contributed by atoms with van der Waals surface area (Å²) in [5.41, 5.74) is 0.569. The van der Waals surface area contributed by atoms with E-state index in [2.05, 4.69) is 5.32 Å². The number of halogens is 2. The van der Waals surface area contributed by atoms with Gasteiger partial charge >= 0.3 is 0 Å². The van der Waals surface area contributed by atoms with E-state index in [0.717, 1.165) is 11.8 Å². The zero-order valence-corrected chi connectivity index (χ0v) is 11.4. The molecule has 1 aromatic carbocycles. The molecule has 0 radical (unpaired) electrons. The molecule has 2 fully saturated rings. The van der Waals surface area contributed by atoms with Gasteiger partial charge in [-0.2, -0.15) is 0 Å². The Kier molecular flexibility index (Phi) is 3.48. The molecule has 0 heterocycles. The van der Waals surface area contributed by atoms with Crippen LogP contribution >= 0.6 is 11.6 Å². The summed E-state index contributed by atoms with van der Waals surface area (Å²) in [7, 11) is 0. The molecule has 2 saturated carbocycles. The minimum absolute atomic E-state index is 0.0141. The summed E-state index contributed by atoms with van der Waals surface area (Å²) in [6.45, 7) is 0. The lowest BCUT2D eigenvalue weighted by Crippen LogP contribution is -2.20. The predicted octanol–water partition coefficient (Wildman–Crippen LogP) is 4.24. The molecule has 0 aromatic heterocycles. The van der Waals surface area contributed by atoms with Crippen LogP contribution in [0.25, 0.3) is 0 Å². The van der Waals surface area contributed by atoms with Crippen LogP contribution in [0, 0.1) is 23.6 Å². The highest BCUT2D eigenvalue weighted by molar-refractivity contribution is 6.31. The number of amides is 1. The van der Waals surface area contributed by atoms with E-state index in [-0.39, 0.29) is 10.9 Å². The molecule has 19 heavy (non-hydrogen) atoms. The number of carbonyl (C=O) groups excluding carboxylic acids is 1. The maximum Gasteiger partial charge on any atom is 0.224 e. The van der Waals surface area contributed by atoms with Crippen molar-refractivity contribution in [3.05, 3.63) is 29.0 Å². The standard InChI is InChI=1S/C15H17ClFNO/c16-13-8-12(3-4-14(13)17)18-15(19)7-11-6-9-1-2-10(11)5-9/h3-4,8-11H,1-2,5-7H2,(H,18,19). The first-order chi connectivity index (χ1) is 9.11. The topological polar surface area (TPSA) is 29.1 Å². The molecule has 4 heteroatoms. The molecule has 102 valence electrons. The average molecular weight is 282 g/mol. The lowest BCUT2D eigenvalue weighted by molar-refractivity contribution is -0.117. The minimum Gasteiger partial charge on any atom is -0.326 e. The number of anilines is 1. The molecule has 2 nitrogen and oxygen atoms in total. The highest BCUT2D eigenvalue weighted by Crippen LogP contribution is 2.49. The second-order valence-electron chi connectivity index (χ2n) is 5.82. The molecular weight excluding hydrogens is 265 g/mol. The monoisotopic (exact) mass is 281 g/mol. The van der Waals surface area contributed by atoms with Gasteiger partial charge in [-0.05, 0) is 55.2 Å². The molecule has 2 bridgehead atoms. The summed E-state index contributed by atoms with van der Waals surface area (Å²) < 4.78 is 13.0. The molecule has 0 saturated heterocycles. The number of hydrogen-bond donors (Lipinski definition) is 1. The van der Waals surface area contributed by atoms with E-state index in [0.29, 0.717) is 18.0 Å². The van der Waals surface area contributed by atoms with Gasteiger partial charge in [0.25, 0.3) is 0 Å². The van der Waals surface area contributed by atoms with Crippen molar-refractivity contribution >= 4 is 23.2 Å². The van der Waals surface area contributed by atoms with Crippen LogP contribution in [0.15, 0.2) is 18.2 Å². The first-order valence-electron chi connectivity index (χ1n) is 6.86. The summed E-state index contributed by atoms with van der Waals surface area (Å²) >= 11 is 5.69. The number of hydrogen-bond acceptors (Lipinski definition) is 1. The Bertz CT molecular complexity index is 505. The SMILES string of the molecule is O=C(CC1CC2CCC1C2)Nc1ccc(F)c(Cl)c1. The van der Waals surface area contributed by atoms with Crippen LogP contribution in [0.2, 0.25) is 5.02 Å². The Balaban J connectivity index is 1.57. The zero-order chi connectivity index (χ0) is 13.4. The minimum atomic E-state index is -0.465. The van der Waals surface area contributed by atoms with E-state index >= 15 is 0 Å². The van der Waals surface area contributed by atoms with Gasteiger partial charge in [-0.3, -0.25) is 4.79 Å². The molecule has 1 amide bonds. The van der Waals surface area contributed by atoms with Gasteiger partial charge in [0.1, 0.15) is 5.82 Å². The highest BCUT2D eigenvalue weighted by Gasteiger charge is 2.40. The Morgan fingerprint density at radius 3 is 2.84 bits per heavy atom. The van der Waals surface area contributed by atoms with Gasteiger partial charge in [-0.15, -0.1) is 0 Å². The fraction of sp³-hybridized carbons (Fsp3) is 0.533. The third-order valence-electron chi connectivity index (χ3n) is 4.54. The fourth-order valence-corrected chi connectivity index (χ4v) is 3.83. The Morgan fingerprint density at radius 2 is 2.21 bits per heavy atom. The van der Waals surface area contributed by atoms with E-state index < -0.39 is 5.82 Å². The van der Waals surface area contributed by atoms with Crippen LogP contribution in [0.4, 0.5) is 10.1 Å². The zero-order valence-electron chi connectivity index (χ0n) is 10.7. The van der Waals surface area contributed by atoms with Gasteiger partial charge in [0, 0.05) is 12.1 Å². The van der Waals surface area contributed by atoms with Crippen molar-refractivity contribution in [2.45, 2.75) is 32.1 Å². The van der Waals surface area contributed by atoms with E-state index in [4.69, 9.17) is 11.6 Å². The largest absolute Gasteiger partial charge is 0.326 e. The molecule has 0 aliphatic heterocycles. The van der Waals surface area contributed by atoms with Crippen molar-refractivity contribution in [2.75, 3.05) is 5.32 Å². The molecule has 0 spiro atoms. The first-order valence-corrected chi connectivity index (χ1v) is 7.24.